The molecule has 0 aliphatic carbocycles. The van der Waals surface area contributed by atoms with Crippen molar-refractivity contribution in [2.75, 3.05) is 38.0 Å². The summed E-state index contributed by atoms with van der Waals surface area (Å²) < 4.78 is 5.75. The molecule has 6 nitrogen and oxygen atoms in total. The number of nitrogens with zero attached hydrogens (tertiary/aromatic N) is 2. The molecule has 29 heavy (non-hydrogen) atoms. The number of hydrogen-bond donors (Lipinski definition) is 1. The number of esters is 1. The molecule has 0 aromatic heterocycles. The Morgan fingerprint density at radius 2 is 1.86 bits per heavy atom. The van der Waals surface area contributed by atoms with E-state index in [0.717, 1.165) is 37.3 Å². The van der Waals surface area contributed by atoms with Gasteiger partial charge in [-0.25, -0.2) is 4.79 Å². The van der Waals surface area contributed by atoms with Crippen LogP contribution in [-0.4, -0.2) is 60.6 Å². The largest absolute Gasteiger partial charge is 0.461 e. The Hall–Kier alpha value is -2.08. The van der Waals surface area contributed by atoms with Gasteiger partial charge in [0, 0.05) is 31.7 Å². The molecule has 3 aliphatic heterocycles. The van der Waals surface area contributed by atoms with Crippen molar-refractivity contribution in [3.8, 4) is 0 Å². The summed E-state index contributed by atoms with van der Waals surface area (Å²) in [6.45, 7) is 8.55. The Kier molecular flexibility index (Phi) is 5.81. The van der Waals surface area contributed by atoms with Crippen molar-refractivity contribution in [3.05, 3.63) is 29.8 Å². The number of carbonyl (C=O) groups excluding carboxylic acids is 2. The molecule has 0 bridgehead atoms. The van der Waals surface area contributed by atoms with Crippen LogP contribution in [0.3, 0.4) is 0 Å². The zero-order valence-corrected chi connectivity index (χ0v) is 17.7. The lowest BCUT2D eigenvalue weighted by molar-refractivity contribution is -0.150. The van der Waals surface area contributed by atoms with Crippen molar-refractivity contribution in [2.24, 2.45) is 5.41 Å². The average molecular weight is 400 g/mol. The first-order valence-corrected chi connectivity index (χ1v) is 11.1. The zero-order valence-electron chi connectivity index (χ0n) is 17.7. The number of cyclic esters (lactones) is 1. The van der Waals surface area contributed by atoms with E-state index in [0.29, 0.717) is 31.8 Å². The minimum absolute atomic E-state index is 0.0129. The van der Waals surface area contributed by atoms with E-state index < -0.39 is 5.41 Å². The minimum atomic E-state index is -0.392. The van der Waals surface area contributed by atoms with Gasteiger partial charge in [-0.1, -0.05) is 32.0 Å². The summed E-state index contributed by atoms with van der Waals surface area (Å²) in [4.78, 5) is 29.7. The number of para-hydroxylation sites is 1. The van der Waals surface area contributed by atoms with Crippen LogP contribution in [0.4, 0.5) is 10.5 Å². The summed E-state index contributed by atoms with van der Waals surface area (Å²) in [5, 5.41) is 3.07. The fraction of sp³-hybridized carbons (Fsp3) is 0.652. The molecule has 3 heterocycles. The van der Waals surface area contributed by atoms with Crippen LogP contribution >= 0.6 is 0 Å². The Morgan fingerprint density at radius 1 is 1.17 bits per heavy atom. The third kappa shape index (κ3) is 4.27. The molecule has 1 unspecified atom stereocenters. The molecule has 1 N–H and O–H groups in total. The zero-order chi connectivity index (χ0) is 20.4. The molecule has 1 atom stereocenters. The standard InChI is InChI=1S/C23H33N3O3/c1-17(2)19-7-3-4-8-20(19)24-22(28)26-13-9-23(10-14-26)15-18(29-21(23)27)16-25-11-5-6-12-25/h3-4,7-8,17-18H,5-6,9-16H2,1-2H3,(H,24,28). The predicted octanol–water partition coefficient (Wildman–Crippen LogP) is 3.84. The maximum Gasteiger partial charge on any atom is 0.321 e. The summed E-state index contributed by atoms with van der Waals surface area (Å²) in [6, 6.07) is 7.88. The second kappa shape index (κ2) is 8.34. The molecule has 1 aromatic rings. The third-order valence-corrected chi connectivity index (χ3v) is 6.82. The van der Waals surface area contributed by atoms with Crippen LogP contribution in [-0.2, 0) is 9.53 Å². The van der Waals surface area contributed by atoms with E-state index in [4.69, 9.17) is 4.74 Å². The SMILES string of the molecule is CC(C)c1ccccc1NC(=O)N1CCC2(CC1)CC(CN1CCCC1)OC2=O. The number of amides is 2. The molecular formula is C23H33N3O3. The molecule has 3 fully saturated rings. The Morgan fingerprint density at radius 3 is 2.55 bits per heavy atom. The van der Waals surface area contributed by atoms with Gasteiger partial charge >= 0.3 is 12.0 Å². The monoisotopic (exact) mass is 399 g/mol. The highest BCUT2D eigenvalue weighted by molar-refractivity contribution is 5.90. The van der Waals surface area contributed by atoms with Crippen LogP contribution < -0.4 is 5.32 Å². The van der Waals surface area contributed by atoms with Gasteiger partial charge in [-0.2, -0.15) is 0 Å². The van der Waals surface area contributed by atoms with E-state index >= 15 is 0 Å². The van der Waals surface area contributed by atoms with Crippen LogP contribution in [0.15, 0.2) is 24.3 Å². The first kappa shape index (κ1) is 20.2. The number of ether oxygens (including phenoxy) is 1. The van der Waals surface area contributed by atoms with Crippen molar-refractivity contribution in [1.82, 2.24) is 9.80 Å². The lowest BCUT2D eigenvalue weighted by atomic mass is 9.76. The lowest BCUT2D eigenvalue weighted by Crippen LogP contribution is -2.46. The van der Waals surface area contributed by atoms with Crippen LogP contribution in [0.25, 0.3) is 0 Å². The molecule has 158 valence electrons. The normalized spacial score (nSPS) is 24.3. The van der Waals surface area contributed by atoms with E-state index in [9.17, 15) is 9.59 Å². The molecule has 1 spiro atoms. The van der Waals surface area contributed by atoms with Gasteiger partial charge in [-0.05, 0) is 56.3 Å². The second-order valence-corrected chi connectivity index (χ2v) is 9.18. The van der Waals surface area contributed by atoms with Gasteiger partial charge in [0.1, 0.15) is 6.10 Å². The average Bonchev–Trinajstić information content (AvgIpc) is 3.31. The Bertz CT molecular complexity index is 749. The predicted molar refractivity (Wildman–Crippen MR) is 113 cm³/mol. The molecule has 2 amide bonds. The Labute approximate surface area is 173 Å². The fourth-order valence-electron chi connectivity index (χ4n) is 5.05. The van der Waals surface area contributed by atoms with Gasteiger partial charge in [-0.15, -0.1) is 0 Å². The molecular weight excluding hydrogens is 366 g/mol. The van der Waals surface area contributed by atoms with Crippen molar-refractivity contribution < 1.29 is 14.3 Å². The minimum Gasteiger partial charge on any atom is -0.461 e. The highest BCUT2D eigenvalue weighted by atomic mass is 16.6. The topological polar surface area (TPSA) is 61.9 Å². The molecule has 0 saturated carbocycles. The van der Waals surface area contributed by atoms with E-state index in [2.05, 4.69) is 30.1 Å². The van der Waals surface area contributed by atoms with Crippen molar-refractivity contribution in [1.29, 1.82) is 0 Å². The summed E-state index contributed by atoms with van der Waals surface area (Å²) in [5.41, 5.74) is 1.62. The third-order valence-electron chi connectivity index (χ3n) is 6.82. The van der Waals surface area contributed by atoms with Gasteiger partial charge in [-0.3, -0.25) is 9.69 Å². The quantitative estimate of drug-likeness (QED) is 0.782. The van der Waals surface area contributed by atoms with Crippen molar-refractivity contribution >= 4 is 17.7 Å². The number of urea groups is 1. The van der Waals surface area contributed by atoms with Crippen LogP contribution in [0.5, 0.6) is 0 Å². The smallest absolute Gasteiger partial charge is 0.321 e. The number of likely N-dealkylation sites (tertiary alicyclic amines) is 2. The molecule has 3 aliphatic rings. The van der Waals surface area contributed by atoms with Gasteiger partial charge < -0.3 is 15.0 Å². The van der Waals surface area contributed by atoms with Crippen LogP contribution in [0.2, 0.25) is 0 Å². The number of piperidine rings is 1. The number of hydrogen-bond acceptors (Lipinski definition) is 4. The van der Waals surface area contributed by atoms with E-state index in [-0.39, 0.29) is 18.1 Å². The maximum absolute atomic E-state index is 12.8. The molecule has 0 radical (unpaired) electrons. The number of carbonyl (C=O) groups is 2. The number of nitrogens with one attached hydrogen (secondary N) is 1. The number of rotatable bonds is 4. The summed E-state index contributed by atoms with van der Waals surface area (Å²) in [6.07, 6.45) is 4.70. The van der Waals surface area contributed by atoms with Gasteiger partial charge in [0.15, 0.2) is 0 Å². The van der Waals surface area contributed by atoms with E-state index in [1.807, 2.05) is 23.1 Å². The highest BCUT2D eigenvalue weighted by Crippen LogP contribution is 2.43. The summed E-state index contributed by atoms with van der Waals surface area (Å²) in [5.74, 6) is 0.295. The highest BCUT2D eigenvalue weighted by Gasteiger charge is 2.51. The second-order valence-electron chi connectivity index (χ2n) is 9.18. The molecule has 6 heteroatoms. The van der Waals surface area contributed by atoms with E-state index in [1.54, 1.807) is 0 Å². The maximum atomic E-state index is 12.8. The fourth-order valence-corrected chi connectivity index (χ4v) is 5.05. The summed E-state index contributed by atoms with van der Waals surface area (Å²) in [7, 11) is 0. The Balaban J connectivity index is 1.33. The number of anilines is 1. The number of benzene rings is 1. The van der Waals surface area contributed by atoms with Crippen molar-refractivity contribution in [3.63, 3.8) is 0 Å². The molecule has 1 aromatic carbocycles. The first-order chi connectivity index (χ1) is 14.0. The van der Waals surface area contributed by atoms with Crippen LogP contribution in [0, 0.1) is 5.41 Å². The lowest BCUT2D eigenvalue weighted by Gasteiger charge is -2.36. The van der Waals surface area contributed by atoms with Gasteiger partial charge in [0.25, 0.3) is 0 Å². The van der Waals surface area contributed by atoms with Gasteiger partial charge in [0.2, 0.25) is 0 Å². The molecule has 3 saturated heterocycles. The van der Waals surface area contributed by atoms with Gasteiger partial charge in [0.05, 0.1) is 5.41 Å². The van der Waals surface area contributed by atoms with Crippen molar-refractivity contribution in [2.45, 2.75) is 58.0 Å². The summed E-state index contributed by atoms with van der Waals surface area (Å²) >= 11 is 0. The van der Waals surface area contributed by atoms with E-state index in [1.165, 1.54) is 12.8 Å². The van der Waals surface area contributed by atoms with Crippen LogP contribution in [0.1, 0.15) is 57.4 Å². The molecule has 4 rings (SSSR count). The first-order valence-electron chi connectivity index (χ1n) is 11.1.